The molecule has 0 aliphatic heterocycles. The zero-order valence-corrected chi connectivity index (χ0v) is 20.5. The monoisotopic (exact) mass is 512 g/mol. The van der Waals surface area contributed by atoms with Crippen LogP contribution in [0.15, 0.2) is 84.9 Å². The molecule has 3 amide bonds. The largest absolute Gasteiger partial charge is 0.508 e. The number of primary amides is 1. The highest BCUT2D eigenvalue weighted by Gasteiger charge is 2.17. The van der Waals surface area contributed by atoms with E-state index in [1.54, 1.807) is 54.6 Å². The van der Waals surface area contributed by atoms with Gasteiger partial charge in [0.15, 0.2) is 0 Å². The smallest absolute Gasteiger partial charge is 0.255 e. The summed E-state index contributed by atoms with van der Waals surface area (Å²) < 4.78 is 6.02. The standard InChI is InChI=1S/C29H28N4O5/c30-25(13-18-8-10-23(34)11-9-18)29(37)33-22-7-3-4-19(12-22)17-38-26-15-21-6-2-1-5-20(21)14-24(26)28(36)32-16-27(31)35/h1-12,14-15,25,34H,13,16-17,30H2,(H2,31,35)(H,32,36)(H,33,37). The Morgan fingerprint density at radius 2 is 1.58 bits per heavy atom. The van der Waals surface area contributed by atoms with E-state index in [1.807, 2.05) is 30.3 Å². The number of phenolic OH excluding ortho intramolecular Hbond substituents is 1. The van der Waals surface area contributed by atoms with Crippen molar-refractivity contribution in [3.8, 4) is 11.5 Å². The topological polar surface area (TPSA) is 157 Å². The third-order valence-corrected chi connectivity index (χ3v) is 5.83. The van der Waals surface area contributed by atoms with E-state index < -0.39 is 17.9 Å². The zero-order chi connectivity index (χ0) is 27.1. The van der Waals surface area contributed by atoms with E-state index in [9.17, 15) is 19.5 Å². The van der Waals surface area contributed by atoms with E-state index in [2.05, 4.69) is 10.6 Å². The first-order chi connectivity index (χ1) is 18.3. The van der Waals surface area contributed by atoms with Gasteiger partial charge in [0.2, 0.25) is 11.8 Å². The van der Waals surface area contributed by atoms with Crippen LogP contribution in [0.25, 0.3) is 10.8 Å². The van der Waals surface area contributed by atoms with Crippen LogP contribution in [-0.2, 0) is 22.6 Å². The molecule has 4 aromatic rings. The van der Waals surface area contributed by atoms with Crippen LogP contribution in [0.4, 0.5) is 5.69 Å². The molecular weight excluding hydrogens is 484 g/mol. The summed E-state index contributed by atoms with van der Waals surface area (Å²) in [5.74, 6) is -0.987. The Hall–Kier alpha value is -4.89. The Bertz CT molecular complexity index is 1470. The predicted molar refractivity (Wildman–Crippen MR) is 145 cm³/mol. The van der Waals surface area contributed by atoms with Gasteiger partial charge in [-0.15, -0.1) is 0 Å². The van der Waals surface area contributed by atoms with Gasteiger partial charge in [-0.05, 0) is 64.7 Å². The molecule has 0 fully saturated rings. The van der Waals surface area contributed by atoms with Gasteiger partial charge in [0.05, 0.1) is 18.2 Å². The number of benzene rings is 4. The number of aromatic hydroxyl groups is 1. The third kappa shape index (κ3) is 6.86. The molecule has 0 saturated heterocycles. The number of hydrogen-bond donors (Lipinski definition) is 5. The molecule has 0 heterocycles. The normalized spacial score (nSPS) is 11.5. The highest BCUT2D eigenvalue weighted by Crippen LogP contribution is 2.27. The van der Waals surface area contributed by atoms with Crippen LogP contribution < -0.4 is 26.8 Å². The lowest BCUT2D eigenvalue weighted by molar-refractivity contribution is -0.118. The molecule has 0 radical (unpaired) electrons. The molecule has 9 nitrogen and oxygen atoms in total. The first-order valence-electron chi connectivity index (χ1n) is 11.9. The molecule has 38 heavy (non-hydrogen) atoms. The number of anilines is 1. The summed E-state index contributed by atoms with van der Waals surface area (Å²) in [5.41, 5.74) is 13.6. The van der Waals surface area contributed by atoms with E-state index in [-0.39, 0.29) is 30.4 Å². The van der Waals surface area contributed by atoms with Crippen molar-refractivity contribution < 1.29 is 24.2 Å². The summed E-state index contributed by atoms with van der Waals surface area (Å²) in [4.78, 5) is 36.5. The van der Waals surface area contributed by atoms with Crippen molar-refractivity contribution in [3.05, 3.63) is 102 Å². The van der Waals surface area contributed by atoms with Crippen molar-refractivity contribution in [1.82, 2.24) is 5.32 Å². The fourth-order valence-corrected chi connectivity index (χ4v) is 3.89. The number of phenols is 1. The van der Waals surface area contributed by atoms with Crippen LogP contribution in [-0.4, -0.2) is 35.4 Å². The number of fused-ring (bicyclic) bond motifs is 1. The molecule has 0 aliphatic rings. The molecule has 0 aliphatic carbocycles. The molecule has 0 spiro atoms. The van der Waals surface area contributed by atoms with Gasteiger partial charge in [-0.2, -0.15) is 0 Å². The fourth-order valence-electron chi connectivity index (χ4n) is 3.89. The summed E-state index contributed by atoms with van der Waals surface area (Å²) in [5, 5.41) is 16.5. The van der Waals surface area contributed by atoms with Crippen LogP contribution in [0.5, 0.6) is 11.5 Å². The highest BCUT2D eigenvalue weighted by molar-refractivity contribution is 6.02. The summed E-state index contributed by atoms with van der Waals surface area (Å²) in [6.45, 7) is -0.167. The summed E-state index contributed by atoms with van der Waals surface area (Å²) in [7, 11) is 0. The molecule has 0 aromatic heterocycles. The molecule has 0 bridgehead atoms. The molecule has 4 rings (SSSR count). The van der Waals surface area contributed by atoms with Gasteiger partial charge in [0, 0.05) is 5.69 Å². The van der Waals surface area contributed by atoms with Crippen molar-refractivity contribution in [2.75, 3.05) is 11.9 Å². The average Bonchev–Trinajstić information content (AvgIpc) is 2.91. The molecular formula is C29H28N4O5. The average molecular weight is 513 g/mol. The van der Waals surface area contributed by atoms with Gasteiger partial charge in [0.25, 0.3) is 5.91 Å². The number of hydrogen-bond acceptors (Lipinski definition) is 6. The van der Waals surface area contributed by atoms with Crippen LogP contribution in [0.1, 0.15) is 21.5 Å². The van der Waals surface area contributed by atoms with E-state index in [0.29, 0.717) is 17.9 Å². The van der Waals surface area contributed by atoms with Crippen LogP contribution in [0.2, 0.25) is 0 Å². The van der Waals surface area contributed by atoms with Crippen LogP contribution >= 0.6 is 0 Å². The lowest BCUT2D eigenvalue weighted by Crippen LogP contribution is -2.37. The summed E-state index contributed by atoms with van der Waals surface area (Å²) in [6.07, 6.45) is 0.317. The van der Waals surface area contributed by atoms with Gasteiger partial charge in [-0.25, -0.2) is 0 Å². The molecule has 4 aromatic carbocycles. The maximum atomic E-state index is 12.7. The Kier molecular flexibility index (Phi) is 8.20. The molecule has 1 atom stereocenters. The van der Waals surface area contributed by atoms with E-state index in [4.69, 9.17) is 16.2 Å². The fraction of sp³-hybridized carbons (Fsp3) is 0.138. The van der Waals surface area contributed by atoms with E-state index in [1.165, 1.54) is 0 Å². The Balaban J connectivity index is 1.45. The third-order valence-electron chi connectivity index (χ3n) is 5.83. The van der Waals surface area contributed by atoms with Crippen molar-refractivity contribution >= 4 is 34.2 Å². The number of amides is 3. The van der Waals surface area contributed by atoms with Gasteiger partial charge in [-0.3, -0.25) is 14.4 Å². The van der Waals surface area contributed by atoms with E-state index >= 15 is 0 Å². The lowest BCUT2D eigenvalue weighted by atomic mass is 10.1. The number of rotatable bonds is 10. The maximum absolute atomic E-state index is 12.7. The minimum absolute atomic E-state index is 0.123. The summed E-state index contributed by atoms with van der Waals surface area (Å²) >= 11 is 0. The van der Waals surface area contributed by atoms with Crippen molar-refractivity contribution in [1.29, 1.82) is 0 Å². The highest BCUT2D eigenvalue weighted by atomic mass is 16.5. The van der Waals surface area contributed by atoms with Gasteiger partial charge >= 0.3 is 0 Å². The molecule has 7 N–H and O–H groups in total. The number of nitrogens with two attached hydrogens (primary N) is 2. The van der Waals surface area contributed by atoms with Crippen LogP contribution in [0, 0.1) is 0 Å². The quantitative estimate of drug-likeness (QED) is 0.220. The Morgan fingerprint density at radius 3 is 2.29 bits per heavy atom. The van der Waals surface area contributed by atoms with Crippen molar-refractivity contribution in [2.45, 2.75) is 19.1 Å². The zero-order valence-electron chi connectivity index (χ0n) is 20.5. The van der Waals surface area contributed by atoms with Gasteiger partial charge < -0.3 is 31.9 Å². The van der Waals surface area contributed by atoms with Gasteiger partial charge in [0.1, 0.15) is 18.1 Å². The lowest BCUT2D eigenvalue weighted by Gasteiger charge is -2.15. The Labute approximate surface area is 219 Å². The van der Waals surface area contributed by atoms with E-state index in [0.717, 1.165) is 21.9 Å². The molecule has 9 heteroatoms. The first-order valence-corrected chi connectivity index (χ1v) is 11.9. The van der Waals surface area contributed by atoms with Crippen molar-refractivity contribution in [3.63, 3.8) is 0 Å². The second-order valence-electron chi connectivity index (χ2n) is 8.80. The van der Waals surface area contributed by atoms with Gasteiger partial charge in [-0.1, -0.05) is 48.5 Å². The van der Waals surface area contributed by atoms with Crippen molar-refractivity contribution in [2.24, 2.45) is 11.5 Å². The number of nitrogens with one attached hydrogen (secondary N) is 2. The molecule has 1 unspecified atom stereocenters. The molecule has 0 saturated carbocycles. The second-order valence-corrected chi connectivity index (χ2v) is 8.80. The predicted octanol–water partition coefficient (Wildman–Crippen LogP) is 2.85. The summed E-state index contributed by atoms with van der Waals surface area (Å²) in [6, 6.07) is 23.9. The minimum atomic E-state index is -0.779. The molecule has 194 valence electrons. The number of carbonyl (C=O) groups excluding carboxylic acids is 3. The number of ether oxygens (including phenoxy) is 1. The minimum Gasteiger partial charge on any atom is -0.508 e. The first kappa shape index (κ1) is 26.2. The van der Waals surface area contributed by atoms with Crippen LogP contribution in [0.3, 0.4) is 0 Å². The SMILES string of the molecule is NC(=O)CNC(=O)c1cc2ccccc2cc1OCc1cccc(NC(=O)C(N)Cc2ccc(O)cc2)c1. The number of carbonyl (C=O) groups is 3. The second kappa shape index (κ2) is 11.9. The maximum Gasteiger partial charge on any atom is 0.255 e. The Morgan fingerprint density at radius 1 is 0.868 bits per heavy atom.